The van der Waals surface area contributed by atoms with Crippen LogP contribution in [0.1, 0.15) is 35.7 Å². The van der Waals surface area contributed by atoms with Gasteiger partial charge in [-0.15, -0.1) is 0 Å². The maximum absolute atomic E-state index is 12.2. The zero-order chi connectivity index (χ0) is 13.5. The van der Waals surface area contributed by atoms with Gasteiger partial charge >= 0.3 is 0 Å². The molecule has 1 aromatic heterocycles. The van der Waals surface area contributed by atoms with Gasteiger partial charge in [-0.3, -0.25) is 4.79 Å². The Balaban J connectivity index is 1.61. The first-order valence-corrected chi connectivity index (χ1v) is 7.00. The minimum absolute atomic E-state index is 0.0366. The number of rotatable bonds is 2. The average Bonchev–Trinajstić information content (AvgIpc) is 3.17. The Kier molecular flexibility index (Phi) is 2.58. The van der Waals surface area contributed by atoms with Gasteiger partial charge in [0, 0.05) is 24.6 Å². The summed E-state index contributed by atoms with van der Waals surface area (Å²) >= 11 is 0. The second-order valence-corrected chi connectivity index (χ2v) is 5.50. The van der Waals surface area contributed by atoms with Crippen LogP contribution in [0.3, 0.4) is 0 Å². The van der Waals surface area contributed by atoms with Crippen molar-refractivity contribution in [3.63, 3.8) is 0 Å². The van der Waals surface area contributed by atoms with Crippen LogP contribution >= 0.6 is 0 Å². The maximum atomic E-state index is 12.2. The van der Waals surface area contributed by atoms with E-state index in [1.165, 1.54) is 23.9 Å². The van der Waals surface area contributed by atoms with E-state index in [4.69, 9.17) is 4.52 Å². The number of carbonyl (C=O) groups excluding carboxylic acids is 1. The quantitative estimate of drug-likeness (QED) is 0.837. The molecule has 20 heavy (non-hydrogen) atoms. The fourth-order valence-electron chi connectivity index (χ4n) is 3.21. The van der Waals surface area contributed by atoms with Crippen molar-refractivity contribution in [3.8, 4) is 0 Å². The molecule has 1 aromatic carbocycles. The Morgan fingerprint density at radius 1 is 1.25 bits per heavy atom. The summed E-state index contributed by atoms with van der Waals surface area (Å²) in [6.07, 6.45) is 5.28. The number of amides is 1. The number of aryl methyl sites for hydroxylation is 2. The van der Waals surface area contributed by atoms with Gasteiger partial charge in [0.05, 0.1) is 0 Å². The summed E-state index contributed by atoms with van der Waals surface area (Å²) in [6, 6.07) is 6.38. The Morgan fingerprint density at radius 3 is 3.00 bits per heavy atom. The van der Waals surface area contributed by atoms with Gasteiger partial charge in [0.25, 0.3) is 0 Å². The molecule has 1 atom stereocenters. The van der Waals surface area contributed by atoms with Crippen LogP contribution in [0.25, 0.3) is 0 Å². The van der Waals surface area contributed by atoms with Crippen molar-refractivity contribution >= 4 is 11.6 Å². The van der Waals surface area contributed by atoms with Crippen LogP contribution in [0, 0.1) is 0 Å². The molecule has 1 aliphatic heterocycles. The number of benzene rings is 1. The highest BCUT2D eigenvalue weighted by atomic mass is 16.5. The predicted octanol–water partition coefficient (Wildman–Crippen LogP) is 2.08. The normalized spacial score (nSPS) is 21.5. The molecule has 5 heteroatoms. The first-order chi connectivity index (χ1) is 9.81. The third-order valence-corrected chi connectivity index (χ3v) is 4.26. The summed E-state index contributed by atoms with van der Waals surface area (Å²) in [4.78, 5) is 18.1. The van der Waals surface area contributed by atoms with Crippen molar-refractivity contribution in [2.75, 3.05) is 11.4 Å². The lowest BCUT2D eigenvalue weighted by atomic mass is 10.1. The van der Waals surface area contributed by atoms with Crippen LogP contribution in [0.2, 0.25) is 0 Å². The van der Waals surface area contributed by atoms with Gasteiger partial charge in [-0.1, -0.05) is 11.2 Å². The lowest BCUT2D eigenvalue weighted by Crippen LogP contribution is -2.24. The molecule has 0 N–H and O–H groups in total. The van der Waals surface area contributed by atoms with E-state index < -0.39 is 0 Å². The molecule has 0 spiro atoms. The molecule has 1 fully saturated rings. The number of fused-ring (bicyclic) bond motifs is 1. The largest absolute Gasteiger partial charge is 0.343 e. The van der Waals surface area contributed by atoms with Crippen LogP contribution in [-0.4, -0.2) is 22.6 Å². The highest BCUT2D eigenvalue weighted by Crippen LogP contribution is 2.33. The third kappa shape index (κ3) is 1.81. The lowest BCUT2D eigenvalue weighted by Gasteiger charge is -2.17. The second kappa shape index (κ2) is 4.44. The minimum atomic E-state index is 0.0366. The molecule has 1 amide bonds. The van der Waals surface area contributed by atoms with E-state index in [-0.39, 0.29) is 11.8 Å². The van der Waals surface area contributed by atoms with Crippen molar-refractivity contribution in [1.29, 1.82) is 0 Å². The van der Waals surface area contributed by atoms with E-state index in [1.807, 2.05) is 4.90 Å². The SMILES string of the molecule is O=C1CC(c2ncon2)CN1c1ccc2c(c1)CCC2. The highest BCUT2D eigenvalue weighted by molar-refractivity contribution is 5.96. The van der Waals surface area contributed by atoms with Gasteiger partial charge in [-0.2, -0.15) is 4.98 Å². The van der Waals surface area contributed by atoms with Crippen molar-refractivity contribution in [3.05, 3.63) is 41.5 Å². The van der Waals surface area contributed by atoms with Crippen LogP contribution in [0.15, 0.2) is 29.1 Å². The lowest BCUT2D eigenvalue weighted by molar-refractivity contribution is -0.117. The Morgan fingerprint density at radius 2 is 2.15 bits per heavy atom. The predicted molar refractivity (Wildman–Crippen MR) is 72.5 cm³/mol. The van der Waals surface area contributed by atoms with Crippen molar-refractivity contribution in [1.82, 2.24) is 10.1 Å². The summed E-state index contributed by atoms with van der Waals surface area (Å²) in [5.41, 5.74) is 3.81. The van der Waals surface area contributed by atoms with Gasteiger partial charge in [0.2, 0.25) is 12.3 Å². The molecular formula is C15H15N3O2. The van der Waals surface area contributed by atoms with E-state index in [0.717, 1.165) is 18.5 Å². The van der Waals surface area contributed by atoms with Crippen molar-refractivity contribution in [2.24, 2.45) is 0 Å². The molecule has 0 bridgehead atoms. The van der Waals surface area contributed by atoms with Crippen LogP contribution in [0.4, 0.5) is 5.69 Å². The Hall–Kier alpha value is -2.17. The molecule has 2 heterocycles. The van der Waals surface area contributed by atoms with Crippen LogP contribution < -0.4 is 4.90 Å². The average molecular weight is 269 g/mol. The molecule has 2 aliphatic rings. The molecule has 5 nitrogen and oxygen atoms in total. The number of hydrogen-bond donors (Lipinski definition) is 0. The molecule has 4 rings (SSSR count). The number of carbonyl (C=O) groups is 1. The number of anilines is 1. The first-order valence-electron chi connectivity index (χ1n) is 7.00. The fourth-order valence-corrected chi connectivity index (χ4v) is 3.21. The van der Waals surface area contributed by atoms with E-state index in [1.54, 1.807) is 0 Å². The number of hydrogen-bond acceptors (Lipinski definition) is 4. The molecule has 2 aromatic rings. The summed E-state index contributed by atoms with van der Waals surface area (Å²) < 4.78 is 4.77. The van der Waals surface area contributed by atoms with Crippen LogP contribution in [-0.2, 0) is 17.6 Å². The molecule has 1 saturated heterocycles. The summed E-state index contributed by atoms with van der Waals surface area (Å²) in [7, 11) is 0. The maximum Gasteiger partial charge on any atom is 0.227 e. The summed E-state index contributed by atoms with van der Waals surface area (Å²) in [5, 5.41) is 3.85. The molecule has 102 valence electrons. The highest BCUT2D eigenvalue weighted by Gasteiger charge is 2.34. The molecule has 0 radical (unpaired) electrons. The smallest absolute Gasteiger partial charge is 0.227 e. The second-order valence-electron chi connectivity index (χ2n) is 5.50. The number of nitrogens with zero attached hydrogens (tertiary/aromatic N) is 3. The van der Waals surface area contributed by atoms with E-state index in [2.05, 4.69) is 28.3 Å². The van der Waals surface area contributed by atoms with Crippen LogP contribution in [0.5, 0.6) is 0 Å². The van der Waals surface area contributed by atoms with Gasteiger partial charge in [-0.25, -0.2) is 0 Å². The third-order valence-electron chi connectivity index (χ3n) is 4.26. The van der Waals surface area contributed by atoms with Gasteiger partial charge in [0.1, 0.15) is 0 Å². The monoisotopic (exact) mass is 269 g/mol. The standard InChI is InChI=1S/C15H15N3O2/c19-14-7-12(15-16-9-20-17-15)8-18(14)13-5-4-10-2-1-3-11(10)6-13/h4-6,9,12H,1-3,7-8H2. The van der Waals surface area contributed by atoms with E-state index in [0.29, 0.717) is 18.8 Å². The van der Waals surface area contributed by atoms with Gasteiger partial charge in [0.15, 0.2) is 5.82 Å². The fraction of sp³-hybridized carbons (Fsp3) is 0.400. The molecular weight excluding hydrogens is 254 g/mol. The molecule has 1 aliphatic carbocycles. The zero-order valence-corrected chi connectivity index (χ0v) is 11.1. The van der Waals surface area contributed by atoms with E-state index >= 15 is 0 Å². The number of aromatic nitrogens is 2. The molecule has 1 unspecified atom stereocenters. The van der Waals surface area contributed by atoms with Gasteiger partial charge < -0.3 is 9.42 Å². The van der Waals surface area contributed by atoms with Crippen molar-refractivity contribution in [2.45, 2.75) is 31.6 Å². The Labute approximate surface area is 116 Å². The van der Waals surface area contributed by atoms with Crippen molar-refractivity contribution < 1.29 is 9.32 Å². The first kappa shape index (κ1) is 11.6. The Bertz CT molecular complexity index is 651. The summed E-state index contributed by atoms with van der Waals surface area (Å²) in [5.74, 6) is 0.800. The minimum Gasteiger partial charge on any atom is -0.343 e. The van der Waals surface area contributed by atoms with Gasteiger partial charge in [-0.05, 0) is 42.5 Å². The molecule has 0 saturated carbocycles. The van der Waals surface area contributed by atoms with E-state index in [9.17, 15) is 4.79 Å². The summed E-state index contributed by atoms with van der Waals surface area (Å²) in [6.45, 7) is 0.636. The topological polar surface area (TPSA) is 59.2 Å². The zero-order valence-electron chi connectivity index (χ0n) is 11.1.